The van der Waals surface area contributed by atoms with E-state index in [0.29, 0.717) is 6.42 Å². The molecule has 0 spiro atoms. The fourth-order valence-electron chi connectivity index (χ4n) is 0.681. The molecule has 1 rings (SSSR count). The summed E-state index contributed by atoms with van der Waals surface area (Å²) in [6.45, 7) is 0. The van der Waals surface area contributed by atoms with Gasteiger partial charge in [-0.1, -0.05) is 6.08 Å². The molecule has 1 aromatic rings. The van der Waals surface area contributed by atoms with Gasteiger partial charge in [-0.05, 0) is 0 Å². The normalized spacial score (nSPS) is 10.5. The molecule has 0 atom stereocenters. The van der Waals surface area contributed by atoms with Gasteiger partial charge in [0.15, 0.2) is 0 Å². The SMILES string of the molecule is O=C(O)C=CCc1ncc[nH]1. The molecule has 0 fully saturated rings. The molecule has 0 aromatic carbocycles. The summed E-state index contributed by atoms with van der Waals surface area (Å²) in [6.07, 6.45) is 6.50. The molecule has 0 aliphatic rings. The Morgan fingerprint density at radius 2 is 2.64 bits per heavy atom. The second-order valence-electron chi connectivity index (χ2n) is 1.98. The molecular weight excluding hydrogens is 144 g/mol. The predicted octanol–water partition coefficient (Wildman–Crippen LogP) is 0.593. The molecule has 58 valence electrons. The monoisotopic (exact) mass is 152 g/mol. The number of imidazole rings is 1. The van der Waals surface area contributed by atoms with Crippen LogP contribution in [0, 0.1) is 0 Å². The highest BCUT2D eigenvalue weighted by molar-refractivity contribution is 5.79. The number of nitrogens with one attached hydrogen (secondary N) is 1. The Hall–Kier alpha value is -1.58. The zero-order valence-electron chi connectivity index (χ0n) is 5.82. The molecule has 0 bridgehead atoms. The molecule has 4 nitrogen and oxygen atoms in total. The van der Waals surface area contributed by atoms with Gasteiger partial charge in [-0.15, -0.1) is 0 Å². The number of allylic oxidation sites excluding steroid dienone is 1. The summed E-state index contributed by atoms with van der Waals surface area (Å²) in [6, 6.07) is 0. The van der Waals surface area contributed by atoms with Crippen LogP contribution in [0.25, 0.3) is 0 Å². The van der Waals surface area contributed by atoms with E-state index in [1.165, 1.54) is 0 Å². The second-order valence-corrected chi connectivity index (χ2v) is 1.98. The van der Waals surface area contributed by atoms with Crippen LogP contribution in [0.5, 0.6) is 0 Å². The summed E-state index contributed by atoms with van der Waals surface area (Å²) in [4.78, 5) is 16.8. The maximum Gasteiger partial charge on any atom is 0.327 e. The van der Waals surface area contributed by atoms with Gasteiger partial charge in [0.05, 0.1) is 0 Å². The van der Waals surface area contributed by atoms with E-state index >= 15 is 0 Å². The van der Waals surface area contributed by atoms with Crippen molar-refractivity contribution in [1.82, 2.24) is 9.97 Å². The summed E-state index contributed by atoms with van der Waals surface area (Å²) < 4.78 is 0. The fraction of sp³-hybridized carbons (Fsp3) is 0.143. The Labute approximate surface area is 63.6 Å². The molecule has 4 heteroatoms. The molecule has 2 N–H and O–H groups in total. The first-order valence-electron chi connectivity index (χ1n) is 3.17. The molecule has 0 saturated carbocycles. The maximum absolute atomic E-state index is 10.0. The van der Waals surface area contributed by atoms with Gasteiger partial charge in [-0.25, -0.2) is 9.78 Å². The minimum absolute atomic E-state index is 0.527. The second kappa shape index (κ2) is 3.55. The van der Waals surface area contributed by atoms with Crippen molar-refractivity contribution in [3.05, 3.63) is 30.4 Å². The summed E-state index contributed by atoms with van der Waals surface area (Å²) in [5, 5.41) is 8.22. The number of aromatic nitrogens is 2. The molecule has 11 heavy (non-hydrogen) atoms. The number of hydrogen-bond acceptors (Lipinski definition) is 2. The molecule has 0 aliphatic carbocycles. The first-order valence-corrected chi connectivity index (χ1v) is 3.17. The van der Waals surface area contributed by atoms with E-state index in [1.54, 1.807) is 18.5 Å². The van der Waals surface area contributed by atoms with Crippen molar-refractivity contribution >= 4 is 5.97 Å². The lowest BCUT2D eigenvalue weighted by Crippen LogP contribution is -1.88. The van der Waals surface area contributed by atoms with Crippen LogP contribution in [0.2, 0.25) is 0 Å². The van der Waals surface area contributed by atoms with Crippen molar-refractivity contribution in [3.8, 4) is 0 Å². The van der Waals surface area contributed by atoms with Crippen LogP contribution in [0.1, 0.15) is 5.82 Å². The highest BCUT2D eigenvalue weighted by Crippen LogP contribution is 1.90. The zero-order chi connectivity index (χ0) is 8.10. The third-order valence-corrected chi connectivity index (χ3v) is 1.13. The van der Waals surface area contributed by atoms with Gasteiger partial charge in [0.2, 0.25) is 0 Å². The predicted molar refractivity (Wildman–Crippen MR) is 39.1 cm³/mol. The van der Waals surface area contributed by atoms with Crippen molar-refractivity contribution in [2.45, 2.75) is 6.42 Å². The highest BCUT2D eigenvalue weighted by atomic mass is 16.4. The van der Waals surface area contributed by atoms with Crippen molar-refractivity contribution in [2.24, 2.45) is 0 Å². The Morgan fingerprint density at radius 3 is 3.18 bits per heavy atom. The number of rotatable bonds is 3. The largest absolute Gasteiger partial charge is 0.478 e. The zero-order valence-corrected chi connectivity index (χ0v) is 5.82. The average molecular weight is 152 g/mol. The number of carboxylic acid groups (broad SMARTS) is 1. The molecule has 0 aliphatic heterocycles. The van der Waals surface area contributed by atoms with Gasteiger partial charge < -0.3 is 10.1 Å². The number of nitrogens with zero attached hydrogens (tertiary/aromatic N) is 1. The van der Waals surface area contributed by atoms with E-state index < -0.39 is 5.97 Å². The number of carboxylic acids is 1. The Bertz CT molecular complexity index is 251. The number of aromatic amines is 1. The van der Waals surface area contributed by atoms with Gasteiger partial charge in [-0.3, -0.25) is 0 Å². The van der Waals surface area contributed by atoms with Crippen LogP contribution >= 0.6 is 0 Å². The lowest BCUT2D eigenvalue weighted by Gasteiger charge is -1.84. The van der Waals surface area contributed by atoms with E-state index in [0.717, 1.165) is 11.9 Å². The van der Waals surface area contributed by atoms with Crippen LogP contribution in [-0.4, -0.2) is 21.0 Å². The molecule has 1 aromatic heterocycles. The summed E-state index contributed by atoms with van der Waals surface area (Å²) in [5.74, 6) is -0.168. The lowest BCUT2D eigenvalue weighted by atomic mass is 10.3. The van der Waals surface area contributed by atoms with E-state index in [1.807, 2.05) is 0 Å². The third-order valence-electron chi connectivity index (χ3n) is 1.13. The van der Waals surface area contributed by atoms with Crippen LogP contribution in [-0.2, 0) is 11.2 Å². The first-order chi connectivity index (χ1) is 5.29. The van der Waals surface area contributed by atoms with Crippen LogP contribution in [0.3, 0.4) is 0 Å². The van der Waals surface area contributed by atoms with Gasteiger partial charge in [0.25, 0.3) is 0 Å². The first kappa shape index (κ1) is 7.53. The standard InChI is InChI=1S/C7H8N2O2/c10-7(11)3-1-2-6-8-4-5-9-6/h1,3-5H,2H2,(H,8,9)(H,10,11). The number of carbonyl (C=O) groups is 1. The van der Waals surface area contributed by atoms with Crippen LogP contribution in [0.4, 0.5) is 0 Å². The number of aliphatic carboxylic acids is 1. The van der Waals surface area contributed by atoms with Crippen molar-refractivity contribution in [3.63, 3.8) is 0 Å². The van der Waals surface area contributed by atoms with Crippen molar-refractivity contribution < 1.29 is 9.90 Å². The van der Waals surface area contributed by atoms with Gasteiger partial charge in [-0.2, -0.15) is 0 Å². The maximum atomic E-state index is 10.0. The summed E-state index contributed by atoms with van der Waals surface area (Å²) in [5.41, 5.74) is 0. The van der Waals surface area contributed by atoms with E-state index in [2.05, 4.69) is 9.97 Å². The van der Waals surface area contributed by atoms with Crippen LogP contribution < -0.4 is 0 Å². The van der Waals surface area contributed by atoms with Gasteiger partial charge in [0.1, 0.15) is 5.82 Å². The molecular formula is C7H8N2O2. The molecule has 0 unspecified atom stereocenters. The number of hydrogen-bond donors (Lipinski definition) is 2. The Kier molecular flexibility index (Phi) is 2.43. The van der Waals surface area contributed by atoms with E-state index in [4.69, 9.17) is 5.11 Å². The molecule has 1 heterocycles. The molecule has 0 radical (unpaired) electrons. The average Bonchev–Trinajstić information content (AvgIpc) is 2.39. The Morgan fingerprint density at radius 1 is 1.82 bits per heavy atom. The van der Waals surface area contributed by atoms with E-state index in [9.17, 15) is 4.79 Å². The summed E-state index contributed by atoms with van der Waals surface area (Å²) in [7, 11) is 0. The Balaban J connectivity index is 2.40. The smallest absolute Gasteiger partial charge is 0.327 e. The summed E-state index contributed by atoms with van der Waals surface area (Å²) >= 11 is 0. The molecule has 0 amide bonds. The topological polar surface area (TPSA) is 66.0 Å². The van der Waals surface area contributed by atoms with Crippen molar-refractivity contribution in [2.75, 3.05) is 0 Å². The minimum Gasteiger partial charge on any atom is -0.478 e. The fourth-order valence-corrected chi connectivity index (χ4v) is 0.681. The van der Waals surface area contributed by atoms with Gasteiger partial charge >= 0.3 is 5.97 Å². The lowest BCUT2D eigenvalue weighted by molar-refractivity contribution is -0.131. The quantitative estimate of drug-likeness (QED) is 0.623. The highest BCUT2D eigenvalue weighted by Gasteiger charge is 1.89. The minimum atomic E-state index is -0.934. The van der Waals surface area contributed by atoms with Crippen molar-refractivity contribution in [1.29, 1.82) is 0 Å². The molecule has 0 saturated heterocycles. The number of H-pyrrole nitrogens is 1. The van der Waals surface area contributed by atoms with Crippen LogP contribution in [0.15, 0.2) is 24.5 Å². The third kappa shape index (κ3) is 2.66. The van der Waals surface area contributed by atoms with E-state index in [-0.39, 0.29) is 0 Å². The van der Waals surface area contributed by atoms with Gasteiger partial charge in [0, 0.05) is 24.9 Å².